The topological polar surface area (TPSA) is 66.8 Å². The molecule has 2 atom stereocenters. The molecule has 0 spiro atoms. The van der Waals surface area contributed by atoms with Crippen molar-refractivity contribution in [2.45, 2.75) is 32.4 Å². The first-order chi connectivity index (χ1) is 9.58. The molecular weight excluding hydrogens is 258 g/mol. The van der Waals surface area contributed by atoms with Crippen LogP contribution in [0.4, 0.5) is 4.79 Å². The fourth-order valence-electron chi connectivity index (χ4n) is 2.37. The first-order valence-corrected chi connectivity index (χ1v) is 6.78. The van der Waals surface area contributed by atoms with Gasteiger partial charge in [-0.25, -0.2) is 4.79 Å². The van der Waals surface area contributed by atoms with Crippen LogP contribution in [-0.4, -0.2) is 34.7 Å². The largest absolute Gasteiger partial charge is 0.481 e. The number of rotatable bonds is 3. The lowest BCUT2D eigenvalue weighted by molar-refractivity contribution is -0.143. The predicted molar refractivity (Wildman–Crippen MR) is 73.2 cm³/mol. The Balaban J connectivity index is 1.91. The van der Waals surface area contributed by atoms with Crippen LogP contribution in [-0.2, 0) is 16.1 Å². The maximum atomic E-state index is 12.1. The van der Waals surface area contributed by atoms with Gasteiger partial charge in [-0.3, -0.25) is 4.79 Å². The van der Waals surface area contributed by atoms with Gasteiger partial charge in [0.2, 0.25) is 0 Å². The Morgan fingerprint density at radius 1 is 1.30 bits per heavy atom. The molecule has 108 valence electrons. The molecular formula is C15H19NO4. The summed E-state index contributed by atoms with van der Waals surface area (Å²) in [6.45, 7) is 2.35. The Kier molecular flexibility index (Phi) is 4.61. The van der Waals surface area contributed by atoms with Gasteiger partial charge < -0.3 is 14.7 Å². The van der Waals surface area contributed by atoms with Crippen LogP contribution in [0.2, 0.25) is 0 Å². The molecule has 1 aromatic rings. The molecule has 2 rings (SSSR count). The molecule has 0 radical (unpaired) electrons. The van der Waals surface area contributed by atoms with Crippen molar-refractivity contribution in [3.8, 4) is 0 Å². The highest BCUT2D eigenvalue weighted by atomic mass is 16.6. The smallest absolute Gasteiger partial charge is 0.410 e. The number of carboxylic acids is 1. The molecule has 0 saturated carbocycles. The number of piperidine rings is 1. The van der Waals surface area contributed by atoms with Gasteiger partial charge >= 0.3 is 12.1 Å². The van der Waals surface area contributed by atoms with Gasteiger partial charge in [-0.1, -0.05) is 30.3 Å². The van der Waals surface area contributed by atoms with Gasteiger partial charge in [0.1, 0.15) is 6.61 Å². The first-order valence-electron chi connectivity index (χ1n) is 6.78. The highest BCUT2D eigenvalue weighted by Crippen LogP contribution is 2.23. The van der Waals surface area contributed by atoms with Crippen LogP contribution < -0.4 is 0 Å². The Morgan fingerprint density at radius 3 is 2.65 bits per heavy atom. The zero-order chi connectivity index (χ0) is 14.5. The van der Waals surface area contributed by atoms with E-state index in [1.54, 1.807) is 0 Å². The van der Waals surface area contributed by atoms with Crippen LogP contribution in [0.1, 0.15) is 25.3 Å². The summed E-state index contributed by atoms with van der Waals surface area (Å²) in [5.74, 6) is -1.34. The molecule has 20 heavy (non-hydrogen) atoms. The summed E-state index contributed by atoms with van der Waals surface area (Å²) in [5, 5.41) is 9.05. The van der Waals surface area contributed by atoms with Crippen molar-refractivity contribution in [3.63, 3.8) is 0 Å². The average molecular weight is 277 g/mol. The SMILES string of the molecule is C[C@H]1CC[C@@H](C(=O)O)CN1C(=O)OCc1ccccc1. The molecule has 5 heteroatoms. The summed E-state index contributed by atoms with van der Waals surface area (Å²) < 4.78 is 5.26. The summed E-state index contributed by atoms with van der Waals surface area (Å²) in [5.41, 5.74) is 0.917. The van der Waals surface area contributed by atoms with Crippen molar-refractivity contribution < 1.29 is 19.4 Å². The Bertz CT molecular complexity index is 474. The zero-order valence-corrected chi connectivity index (χ0v) is 11.5. The van der Waals surface area contributed by atoms with E-state index in [-0.39, 0.29) is 19.2 Å². The van der Waals surface area contributed by atoms with E-state index in [0.29, 0.717) is 12.8 Å². The van der Waals surface area contributed by atoms with Gasteiger partial charge in [-0.05, 0) is 25.3 Å². The van der Waals surface area contributed by atoms with Crippen LogP contribution in [0.15, 0.2) is 30.3 Å². The lowest BCUT2D eigenvalue weighted by Crippen LogP contribution is -2.47. The monoisotopic (exact) mass is 277 g/mol. The second kappa shape index (κ2) is 6.41. The van der Waals surface area contributed by atoms with Crippen molar-refractivity contribution in [3.05, 3.63) is 35.9 Å². The number of ether oxygens (including phenoxy) is 1. The molecule has 1 aliphatic rings. The number of nitrogens with zero attached hydrogens (tertiary/aromatic N) is 1. The third-order valence-electron chi connectivity index (χ3n) is 3.67. The number of benzene rings is 1. The lowest BCUT2D eigenvalue weighted by Gasteiger charge is -2.35. The van der Waals surface area contributed by atoms with E-state index in [0.717, 1.165) is 5.56 Å². The number of carbonyl (C=O) groups excluding carboxylic acids is 1. The van der Waals surface area contributed by atoms with E-state index in [1.165, 1.54) is 4.90 Å². The molecule has 1 amide bonds. The second-order valence-corrected chi connectivity index (χ2v) is 5.15. The maximum absolute atomic E-state index is 12.1. The number of carbonyl (C=O) groups is 2. The van der Waals surface area contributed by atoms with Crippen LogP contribution in [0.25, 0.3) is 0 Å². The quantitative estimate of drug-likeness (QED) is 0.921. The molecule has 1 N–H and O–H groups in total. The Labute approximate surface area is 118 Å². The maximum Gasteiger partial charge on any atom is 0.410 e. The minimum Gasteiger partial charge on any atom is -0.481 e. The van der Waals surface area contributed by atoms with E-state index in [9.17, 15) is 9.59 Å². The Morgan fingerprint density at radius 2 is 2.00 bits per heavy atom. The van der Waals surface area contributed by atoms with Gasteiger partial charge in [0.25, 0.3) is 0 Å². The van der Waals surface area contributed by atoms with E-state index < -0.39 is 18.0 Å². The first kappa shape index (κ1) is 14.4. The average Bonchev–Trinajstić information content (AvgIpc) is 2.46. The third kappa shape index (κ3) is 3.50. The van der Waals surface area contributed by atoms with Gasteiger partial charge in [-0.2, -0.15) is 0 Å². The van der Waals surface area contributed by atoms with E-state index >= 15 is 0 Å². The van der Waals surface area contributed by atoms with Crippen LogP contribution >= 0.6 is 0 Å². The zero-order valence-electron chi connectivity index (χ0n) is 11.5. The lowest BCUT2D eigenvalue weighted by atomic mass is 9.94. The fourth-order valence-corrected chi connectivity index (χ4v) is 2.37. The molecule has 1 aliphatic heterocycles. The van der Waals surface area contributed by atoms with Crippen molar-refractivity contribution in [2.75, 3.05) is 6.54 Å². The summed E-state index contributed by atoms with van der Waals surface area (Å²) >= 11 is 0. The van der Waals surface area contributed by atoms with E-state index in [2.05, 4.69) is 0 Å². The van der Waals surface area contributed by atoms with Gasteiger partial charge in [0.15, 0.2) is 0 Å². The van der Waals surface area contributed by atoms with Gasteiger partial charge in [0.05, 0.1) is 5.92 Å². The summed E-state index contributed by atoms with van der Waals surface area (Å²) in [6.07, 6.45) is 0.864. The van der Waals surface area contributed by atoms with Crippen LogP contribution in [0, 0.1) is 5.92 Å². The van der Waals surface area contributed by atoms with Crippen molar-refractivity contribution >= 4 is 12.1 Å². The fraction of sp³-hybridized carbons (Fsp3) is 0.467. The number of likely N-dealkylation sites (tertiary alicyclic amines) is 1. The molecule has 1 saturated heterocycles. The normalized spacial score (nSPS) is 22.4. The summed E-state index contributed by atoms with van der Waals surface area (Å²) in [6, 6.07) is 9.45. The minimum atomic E-state index is -0.849. The summed E-state index contributed by atoms with van der Waals surface area (Å²) in [7, 11) is 0. The van der Waals surface area contributed by atoms with Gasteiger partial charge in [0, 0.05) is 12.6 Å². The molecule has 1 aromatic carbocycles. The van der Waals surface area contributed by atoms with Crippen molar-refractivity contribution in [1.29, 1.82) is 0 Å². The molecule has 1 heterocycles. The number of carboxylic acid groups (broad SMARTS) is 1. The molecule has 0 unspecified atom stereocenters. The van der Waals surface area contributed by atoms with Crippen LogP contribution in [0.5, 0.6) is 0 Å². The number of hydrogen-bond donors (Lipinski definition) is 1. The standard InChI is InChI=1S/C15H19NO4/c1-11-7-8-13(14(17)18)9-16(11)15(19)20-10-12-5-3-2-4-6-12/h2-6,11,13H,7-10H2,1H3,(H,17,18)/t11-,13+/m0/s1. The van der Waals surface area contributed by atoms with E-state index in [4.69, 9.17) is 9.84 Å². The summed E-state index contributed by atoms with van der Waals surface area (Å²) in [4.78, 5) is 24.6. The Hall–Kier alpha value is -2.04. The highest BCUT2D eigenvalue weighted by Gasteiger charge is 2.33. The van der Waals surface area contributed by atoms with Crippen molar-refractivity contribution in [2.24, 2.45) is 5.92 Å². The van der Waals surface area contributed by atoms with E-state index in [1.807, 2.05) is 37.3 Å². The minimum absolute atomic E-state index is 0.0221. The highest BCUT2D eigenvalue weighted by molar-refractivity contribution is 5.73. The van der Waals surface area contributed by atoms with Gasteiger partial charge in [-0.15, -0.1) is 0 Å². The third-order valence-corrected chi connectivity index (χ3v) is 3.67. The molecule has 1 fully saturated rings. The molecule has 0 aliphatic carbocycles. The second-order valence-electron chi connectivity index (χ2n) is 5.15. The molecule has 5 nitrogen and oxygen atoms in total. The number of amides is 1. The molecule has 0 aromatic heterocycles. The predicted octanol–water partition coefficient (Wildman–Crippen LogP) is 2.51. The molecule has 0 bridgehead atoms. The van der Waals surface area contributed by atoms with Crippen LogP contribution in [0.3, 0.4) is 0 Å². The number of hydrogen-bond acceptors (Lipinski definition) is 3. The number of aliphatic carboxylic acids is 1. The van der Waals surface area contributed by atoms with Crippen molar-refractivity contribution in [1.82, 2.24) is 4.90 Å².